The monoisotopic (exact) mass is 342 g/mol. The van der Waals surface area contributed by atoms with E-state index in [0.717, 1.165) is 22.5 Å². The van der Waals surface area contributed by atoms with Crippen LogP contribution < -0.4 is 5.32 Å². The van der Waals surface area contributed by atoms with Crippen LogP contribution in [0.2, 0.25) is 0 Å². The van der Waals surface area contributed by atoms with Crippen molar-refractivity contribution in [3.05, 3.63) is 53.7 Å². The molecule has 0 saturated heterocycles. The van der Waals surface area contributed by atoms with Gasteiger partial charge >= 0.3 is 0 Å². The van der Waals surface area contributed by atoms with E-state index in [1.165, 1.54) is 6.26 Å². The Morgan fingerprint density at radius 3 is 2.50 bits per heavy atom. The van der Waals surface area contributed by atoms with E-state index >= 15 is 0 Å². The number of rotatable bonds is 3. The first-order valence-corrected chi connectivity index (χ1v) is 9.31. The number of pyridine rings is 1. The third-order valence-corrected chi connectivity index (χ3v) is 5.07. The first-order valence-electron chi connectivity index (χ1n) is 7.42. The van der Waals surface area contributed by atoms with Crippen LogP contribution in [0.3, 0.4) is 0 Å². The number of aryl methyl sites for hydroxylation is 2. The van der Waals surface area contributed by atoms with E-state index in [1.54, 1.807) is 30.5 Å². The Hall–Kier alpha value is -2.60. The highest BCUT2D eigenvalue weighted by molar-refractivity contribution is 7.91. The number of hydrogen-bond acceptors (Lipinski definition) is 5. The van der Waals surface area contributed by atoms with Crippen molar-refractivity contribution in [2.45, 2.75) is 18.7 Å². The number of aromatic hydroxyl groups is 1. The average Bonchev–Trinajstić information content (AvgIpc) is 2.51. The van der Waals surface area contributed by atoms with Crippen LogP contribution in [0, 0.1) is 13.8 Å². The fourth-order valence-electron chi connectivity index (χ4n) is 2.68. The number of anilines is 2. The van der Waals surface area contributed by atoms with Crippen molar-refractivity contribution in [3.8, 4) is 5.75 Å². The van der Waals surface area contributed by atoms with Crippen molar-refractivity contribution < 1.29 is 13.5 Å². The average molecular weight is 342 g/mol. The van der Waals surface area contributed by atoms with Crippen molar-refractivity contribution in [2.75, 3.05) is 11.6 Å². The second-order valence-electron chi connectivity index (χ2n) is 5.86. The summed E-state index contributed by atoms with van der Waals surface area (Å²) < 4.78 is 23.9. The number of sulfone groups is 1. The maximum Gasteiger partial charge on any atom is 0.177 e. The van der Waals surface area contributed by atoms with Gasteiger partial charge in [0.05, 0.1) is 10.4 Å². The van der Waals surface area contributed by atoms with Gasteiger partial charge in [-0.2, -0.15) is 0 Å². The molecule has 2 aromatic carbocycles. The van der Waals surface area contributed by atoms with Crippen molar-refractivity contribution in [3.63, 3.8) is 0 Å². The van der Waals surface area contributed by atoms with Crippen LogP contribution in [0.1, 0.15) is 11.1 Å². The smallest absolute Gasteiger partial charge is 0.177 e. The number of benzene rings is 2. The van der Waals surface area contributed by atoms with E-state index in [2.05, 4.69) is 10.3 Å². The molecule has 0 aliphatic rings. The molecule has 24 heavy (non-hydrogen) atoms. The van der Waals surface area contributed by atoms with Gasteiger partial charge in [0, 0.05) is 35.3 Å². The molecule has 0 saturated carbocycles. The van der Waals surface area contributed by atoms with E-state index in [9.17, 15) is 13.5 Å². The molecule has 1 aromatic heterocycles. The second-order valence-corrected chi connectivity index (χ2v) is 7.85. The molecule has 2 N–H and O–H groups in total. The summed E-state index contributed by atoms with van der Waals surface area (Å²) in [6, 6.07) is 10.4. The molecule has 1 heterocycles. The lowest BCUT2D eigenvalue weighted by molar-refractivity contribution is 0.471. The van der Waals surface area contributed by atoms with Gasteiger partial charge in [0.15, 0.2) is 9.84 Å². The molecule has 0 aliphatic heterocycles. The van der Waals surface area contributed by atoms with Crippen LogP contribution in [-0.4, -0.2) is 24.8 Å². The fourth-order valence-corrected chi connectivity index (χ4v) is 3.52. The molecular weight excluding hydrogens is 324 g/mol. The van der Waals surface area contributed by atoms with Gasteiger partial charge < -0.3 is 10.4 Å². The zero-order valence-corrected chi connectivity index (χ0v) is 14.5. The fraction of sp³-hybridized carbons (Fsp3) is 0.167. The Labute approximate surface area is 140 Å². The van der Waals surface area contributed by atoms with Crippen molar-refractivity contribution in [1.82, 2.24) is 4.98 Å². The number of hydrogen-bond donors (Lipinski definition) is 2. The van der Waals surface area contributed by atoms with Gasteiger partial charge in [0.1, 0.15) is 5.75 Å². The Balaban J connectivity index is 2.17. The number of nitrogens with one attached hydrogen (secondary N) is 1. The van der Waals surface area contributed by atoms with Crippen LogP contribution in [0.25, 0.3) is 10.9 Å². The Kier molecular flexibility index (Phi) is 3.93. The van der Waals surface area contributed by atoms with Gasteiger partial charge in [-0.1, -0.05) is 18.2 Å². The molecule has 0 atom stereocenters. The molecule has 124 valence electrons. The highest BCUT2D eigenvalue weighted by Crippen LogP contribution is 2.32. The van der Waals surface area contributed by atoms with Crippen molar-refractivity contribution in [1.29, 1.82) is 0 Å². The molecule has 3 aromatic rings. The molecule has 0 fully saturated rings. The van der Waals surface area contributed by atoms with Crippen molar-refractivity contribution in [2.24, 2.45) is 0 Å². The molecule has 0 bridgehead atoms. The number of para-hydroxylation sites is 1. The normalized spacial score (nSPS) is 11.6. The predicted molar refractivity (Wildman–Crippen MR) is 95.7 cm³/mol. The minimum Gasteiger partial charge on any atom is -0.508 e. The van der Waals surface area contributed by atoms with E-state index in [4.69, 9.17) is 0 Å². The first-order chi connectivity index (χ1) is 11.3. The third-order valence-electron chi connectivity index (χ3n) is 3.95. The summed E-state index contributed by atoms with van der Waals surface area (Å²) in [5.74, 6) is 0.207. The maximum absolute atomic E-state index is 12.0. The van der Waals surface area contributed by atoms with E-state index in [-0.39, 0.29) is 10.6 Å². The van der Waals surface area contributed by atoms with Crippen LogP contribution in [0.4, 0.5) is 11.4 Å². The zero-order valence-electron chi connectivity index (χ0n) is 13.7. The Bertz CT molecular complexity index is 1040. The minimum atomic E-state index is -3.37. The van der Waals surface area contributed by atoms with Gasteiger partial charge in [-0.15, -0.1) is 0 Å². The highest BCUT2D eigenvalue weighted by Gasteiger charge is 2.15. The lowest BCUT2D eigenvalue weighted by atomic mass is 10.1. The van der Waals surface area contributed by atoms with Crippen LogP contribution in [-0.2, 0) is 9.84 Å². The quantitative estimate of drug-likeness (QED) is 0.758. The zero-order chi connectivity index (χ0) is 17.5. The van der Waals surface area contributed by atoms with Crippen LogP contribution in [0.5, 0.6) is 5.75 Å². The molecular formula is C18H18N2O3S. The summed E-state index contributed by atoms with van der Waals surface area (Å²) in [6.07, 6.45) is 2.74. The topological polar surface area (TPSA) is 79.3 Å². The number of phenols is 1. The number of phenolic OH excluding ortho intramolecular Hbond substituents is 1. The van der Waals surface area contributed by atoms with Gasteiger partial charge in [0.25, 0.3) is 0 Å². The molecule has 0 unspecified atom stereocenters. The first kappa shape index (κ1) is 16.3. The summed E-state index contributed by atoms with van der Waals surface area (Å²) >= 11 is 0. The highest BCUT2D eigenvalue weighted by atomic mass is 32.2. The van der Waals surface area contributed by atoms with E-state index < -0.39 is 9.84 Å². The molecule has 0 spiro atoms. The SMILES string of the molecule is Cc1cc(C)c(Nc2ccnc3c(S(C)(=O)=O)cccc23)cc1O. The lowest BCUT2D eigenvalue weighted by Crippen LogP contribution is -2.01. The largest absolute Gasteiger partial charge is 0.508 e. The summed E-state index contributed by atoms with van der Waals surface area (Å²) in [6.45, 7) is 3.78. The summed E-state index contributed by atoms with van der Waals surface area (Å²) in [4.78, 5) is 4.44. The number of fused-ring (bicyclic) bond motifs is 1. The predicted octanol–water partition coefficient (Wildman–Crippen LogP) is 3.70. The van der Waals surface area contributed by atoms with Gasteiger partial charge in [-0.25, -0.2) is 8.42 Å². The third kappa shape index (κ3) is 2.92. The van der Waals surface area contributed by atoms with Gasteiger partial charge in [0.2, 0.25) is 0 Å². The lowest BCUT2D eigenvalue weighted by Gasteiger charge is -2.14. The minimum absolute atomic E-state index is 0.201. The number of aromatic nitrogens is 1. The summed E-state index contributed by atoms with van der Waals surface area (Å²) in [5, 5.41) is 13.9. The number of nitrogens with zero attached hydrogens (tertiary/aromatic N) is 1. The van der Waals surface area contributed by atoms with Crippen molar-refractivity contribution >= 4 is 32.1 Å². The van der Waals surface area contributed by atoms with Gasteiger partial charge in [-0.3, -0.25) is 4.98 Å². The standard InChI is InChI=1S/C18H18N2O3S/c1-11-9-12(2)16(21)10-15(11)20-14-7-8-19-18-13(14)5-4-6-17(18)24(3,22)23/h4-10,21H,1-3H3,(H,19,20). The molecule has 0 aliphatic carbocycles. The van der Waals surface area contributed by atoms with E-state index in [0.29, 0.717) is 10.9 Å². The second kappa shape index (κ2) is 5.79. The Morgan fingerprint density at radius 1 is 1.04 bits per heavy atom. The van der Waals surface area contributed by atoms with Gasteiger partial charge in [-0.05, 0) is 37.1 Å². The van der Waals surface area contributed by atoms with Crippen LogP contribution >= 0.6 is 0 Å². The summed E-state index contributed by atoms with van der Waals surface area (Å²) in [5.41, 5.74) is 3.71. The summed E-state index contributed by atoms with van der Waals surface area (Å²) in [7, 11) is -3.37. The Morgan fingerprint density at radius 2 is 1.79 bits per heavy atom. The molecule has 0 amide bonds. The molecule has 5 nitrogen and oxygen atoms in total. The van der Waals surface area contributed by atoms with Crippen LogP contribution in [0.15, 0.2) is 47.5 Å². The molecule has 3 rings (SSSR count). The van der Waals surface area contributed by atoms with E-state index in [1.807, 2.05) is 26.0 Å². The molecule has 6 heteroatoms. The molecule has 0 radical (unpaired) electrons. The maximum atomic E-state index is 12.0.